The van der Waals surface area contributed by atoms with E-state index in [2.05, 4.69) is 37.2 Å². The van der Waals surface area contributed by atoms with E-state index in [4.69, 9.17) is 22.6 Å². The molecule has 0 spiro atoms. The maximum atomic E-state index is 7.51. The van der Waals surface area contributed by atoms with Crippen molar-refractivity contribution in [2.75, 3.05) is 22.7 Å². The summed E-state index contributed by atoms with van der Waals surface area (Å²) in [7, 11) is 0. The molecule has 0 fully saturated rings. The molecule has 0 atom stereocenters. The van der Waals surface area contributed by atoms with Gasteiger partial charge in [0.25, 0.3) is 0 Å². The molecule has 7 N–H and O–H groups in total. The van der Waals surface area contributed by atoms with Gasteiger partial charge in [-0.15, -0.1) is 0 Å². The monoisotopic (exact) mass is 484 g/mol. The Labute approximate surface area is 209 Å². The molecule has 0 bridgehead atoms. The summed E-state index contributed by atoms with van der Waals surface area (Å²) in [5.41, 5.74) is 16.2. The molecule has 4 aromatic heterocycles. The van der Waals surface area contributed by atoms with Crippen LogP contribution < -0.4 is 27.7 Å². The van der Waals surface area contributed by atoms with Gasteiger partial charge >= 0.3 is 0 Å². The largest absolute Gasteiger partial charge is 0.386 e. The van der Waals surface area contributed by atoms with Gasteiger partial charge in [-0.25, -0.2) is 4.68 Å². The summed E-state index contributed by atoms with van der Waals surface area (Å²) in [6.07, 6.45) is 14.1. The summed E-state index contributed by atoms with van der Waals surface area (Å²) < 4.78 is 1.68. The number of hydrazone groups is 1. The van der Waals surface area contributed by atoms with Crippen LogP contribution in [0.3, 0.4) is 0 Å². The molecule has 36 heavy (non-hydrogen) atoms. The van der Waals surface area contributed by atoms with Crippen LogP contribution in [0.5, 0.6) is 0 Å². The number of hydrogen-bond acceptors (Lipinski definition) is 11. The predicted octanol–water partition coefficient (Wildman–Crippen LogP) is 2.48. The molecule has 1 aliphatic rings. The van der Waals surface area contributed by atoms with Crippen LogP contribution in [0.2, 0.25) is 0 Å². The molecule has 5 heterocycles. The van der Waals surface area contributed by atoms with Gasteiger partial charge in [0.15, 0.2) is 0 Å². The zero-order valence-corrected chi connectivity index (χ0v) is 19.6. The van der Waals surface area contributed by atoms with Crippen LogP contribution in [-0.4, -0.2) is 37.1 Å². The summed E-state index contributed by atoms with van der Waals surface area (Å²) in [6, 6.07) is 14.7. The quantitative estimate of drug-likeness (QED) is 0.191. The van der Waals surface area contributed by atoms with Crippen LogP contribution in [-0.2, 0) is 0 Å². The zero-order valence-electron chi connectivity index (χ0n) is 19.6. The van der Waals surface area contributed by atoms with E-state index in [-0.39, 0.29) is 0 Å². The van der Waals surface area contributed by atoms with E-state index in [1.807, 2.05) is 41.4 Å². The molecule has 0 unspecified atom stereocenters. The number of anilines is 3. The lowest BCUT2D eigenvalue weighted by atomic mass is 10.4. The lowest BCUT2D eigenvalue weighted by Gasteiger charge is -2.11. The first kappa shape index (κ1) is 27.0. The number of nitriles is 1. The smallest absolute Gasteiger partial charge is 0.145 e. The highest BCUT2D eigenvalue weighted by Crippen LogP contribution is 2.15. The van der Waals surface area contributed by atoms with Gasteiger partial charge in [0, 0.05) is 49.9 Å². The molecule has 0 aromatic carbocycles. The van der Waals surface area contributed by atoms with Gasteiger partial charge in [-0.1, -0.05) is 6.58 Å². The number of amidine groups is 1. The van der Waals surface area contributed by atoms with Gasteiger partial charge in [0.2, 0.25) is 0 Å². The Hall–Kier alpha value is -5.28. The Bertz CT molecular complexity index is 1220. The van der Waals surface area contributed by atoms with Crippen molar-refractivity contribution >= 4 is 23.0 Å². The summed E-state index contributed by atoms with van der Waals surface area (Å²) in [5, 5.41) is 17.6. The lowest BCUT2D eigenvalue weighted by molar-refractivity contribution is 0.879. The SMILES string of the molecule is C=CC#N.NC1=NN(c2cccnc2)CC1.NNc1cccnc1.Nc1ccn(-c2cccnc2)n1. The topological polar surface area (TPSA) is 186 Å². The van der Waals surface area contributed by atoms with Gasteiger partial charge in [-0.05, 0) is 36.4 Å². The standard InChI is InChI=1S/C8H10N4.C8H8N4.C5H7N3.C3H3N/c2*9-8-3-5-12(11-8)7-2-1-4-10-6-7;6-8-5-2-1-3-7-4-5;1-2-3-4/h1-2,4,6H,3,5H2,(H2,9,11);1-6H,(H2,9,11);1-4,8H,6H2;2H,1H2. The molecule has 0 amide bonds. The van der Waals surface area contributed by atoms with Gasteiger partial charge in [-0.3, -0.25) is 25.8 Å². The lowest BCUT2D eigenvalue weighted by Crippen LogP contribution is -2.11. The molecule has 12 nitrogen and oxygen atoms in total. The van der Waals surface area contributed by atoms with Crippen LogP contribution in [0.4, 0.5) is 17.2 Å². The minimum atomic E-state index is 0.513. The number of aromatic nitrogens is 5. The number of hydrogen-bond donors (Lipinski definition) is 4. The number of nitrogens with two attached hydrogens (primary N) is 3. The van der Waals surface area contributed by atoms with Gasteiger partial charge in [0.1, 0.15) is 11.7 Å². The fraction of sp³-hybridized carbons (Fsp3) is 0.0833. The molecule has 184 valence electrons. The molecule has 4 aromatic rings. The Kier molecular flexibility index (Phi) is 11.6. The Balaban J connectivity index is 0.000000180. The fourth-order valence-electron chi connectivity index (χ4n) is 2.59. The molecule has 12 heteroatoms. The summed E-state index contributed by atoms with van der Waals surface area (Å²) in [5.74, 6) is 6.27. The molecule has 5 rings (SSSR count). The van der Waals surface area contributed by atoms with Crippen molar-refractivity contribution in [2.24, 2.45) is 16.7 Å². The van der Waals surface area contributed by atoms with E-state index < -0.39 is 0 Å². The minimum absolute atomic E-state index is 0.513. The number of hydrazine groups is 1. The van der Waals surface area contributed by atoms with Crippen LogP contribution in [0.15, 0.2) is 104 Å². The normalized spacial score (nSPS) is 11.1. The van der Waals surface area contributed by atoms with Crippen LogP contribution in [0.25, 0.3) is 5.69 Å². The van der Waals surface area contributed by atoms with Crippen molar-refractivity contribution in [3.05, 3.63) is 98.5 Å². The Morgan fingerprint density at radius 3 is 1.94 bits per heavy atom. The molecular weight excluding hydrogens is 456 g/mol. The highest BCUT2D eigenvalue weighted by Gasteiger charge is 2.12. The second kappa shape index (κ2) is 15.5. The zero-order chi connectivity index (χ0) is 26.0. The van der Waals surface area contributed by atoms with Crippen molar-refractivity contribution < 1.29 is 0 Å². The van der Waals surface area contributed by atoms with Crippen molar-refractivity contribution in [1.29, 1.82) is 5.26 Å². The average Bonchev–Trinajstić information content (AvgIpc) is 3.59. The third-order valence-corrected chi connectivity index (χ3v) is 4.21. The Morgan fingerprint density at radius 2 is 1.56 bits per heavy atom. The molecule has 0 aliphatic carbocycles. The summed E-state index contributed by atoms with van der Waals surface area (Å²) in [4.78, 5) is 11.8. The van der Waals surface area contributed by atoms with Crippen LogP contribution >= 0.6 is 0 Å². The first-order valence-electron chi connectivity index (χ1n) is 10.7. The highest BCUT2D eigenvalue weighted by molar-refractivity contribution is 5.84. The van der Waals surface area contributed by atoms with Crippen molar-refractivity contribution in [3.63, 3.8) is 0 Å². The number of pyridine rings is 3. The van der Waals surface area contributed by atoms with Crippen LogP contribution in [0, 0.1) is 11.3 Å². The molecule has 0 radical (unpaired) electrons. The number of nitrogens with zero attached hydrogens (tertiary/aromatic N) is 8. The maximum Gasteiger partial charge on any atom is 0.145 e. The van der Waals surface area contributed by atoms with E-state index in [0.717, 1.165) is 30.0 Å². The van der Waals surface area contributed by atoms with Gasteiger partial charge < -0.3 is 16.9 Å². The Morgan fingerprint density at radius 1 is 0.944 bits per heavy atom. The van der Waals surface area contributed by atoms with Crippen molar-refractivity contribution in [2.45, 2.75) is 6.42 Å². The number of allylic oxidation sites excluding steroid dienone is 1. The second-order valence-electron chi connectivity index (χ2n) is 6.79. The molecule has 0 saturated carbocycles. The summed E-state index contributed by atoms with van der Waals surface area (Å²) >= 11 is 0. The van der Waals surface area contributed by atoms with E-state index in [1.54, 1.807) is 60.2 Å². The summed E-state index contributed by atoms with van der Waals surface area (Å²) in [6.45, 7) is 3.98. The maximum absolute atomic E-state index is 7.51. The van der Waals surface area contributed by atoms with E-state index in [1.165, 1.54) is 6.08 Å². The van der Waals surface area contributed by atoms with E-state index >= 15 is 0 Å². The minimum Gasteiger partial charge on any atom is -0.386 e. The number of nitrogen functional groups attached to an aromatic ring is 2. The fourth-order valence-corrected chi connectivity index (χ4v) is 2.59. The first-order valence-corrected chi connectivity index (χ1v) is 10.7. The second-order valence-corrected chi connectivity index (χ2v) is 6.79. The highest BCUT2D eigenvalue weighted by atomic mass is 15.5. The van der Waals surface area contributed by atoms with Gasteiger partial charge in [-0.2, -0.15) is 15.5 Å². The van der Waals surface area contributed by atoms with Gasteiger partial charge in [0.05, 0.1) is 41.7 Å². The molecule has 0 saturated heterocycles. The molecular formula is C24H28N12. The third-order valence-electron chi connectivity index (χ3n) is 4.21. The van der Waals surface area contributed by atoms with E-state index in [0.29, 0.717) is 11.7 Å². The third kappa shape index (κ3) is 9.69. The molecule has 1 aliphatic heterocycles. The van der Waals surface area contributed by atoms with Crippen molar-refractivity contribution in [1.82, 2.24) is 24.7 Å². The van der Waals surface area contributed by atoms with E-state index in [9.17, 15) is 0 Å². The predicted molar refractivity (Wildman–Crippen MR) is 141 cm³/mol. The van der Waals surface area contributed by atoms with Crippen molar-refractivity contribution in [3.8, 4) is 11.8 Å². The first-order chi connectivity index (χ1) is 17.6. The number of nitrogens with one attached hydrogen (secondary N) is 1. The number of rotatable bonds is 3. The van der Waals surface area contributed by atoms with Crippen LogP contribution in [0.1, 0.15) is 6.42 Å². The average molecular weight is 485 g/mol.